The summed E-state index contributed by atoms with van der Waals surface area (Å²) in [6.07, 6.45) is -1.62. The number of amides is 1. The van der Waals surface area contributed by atoms with Crippen LogP contribution in [-0.2, 0) is 14.4 Å². The number of ketones is 2. The number of nitrogens with zero attached hydrogens (tertiary/aromatic N) is 2. The second kappa shape index (κ2) is 7.80. The number of aromatic hydroxyl groups is 1. The quantitative estimate of drug-likeness (QED) is 0.305. The maximum Gasteiger partial charge on any atom is 0.255 e. The molecule has 0 unspecified atom stereocenters. The molecular formula is C24H29N3O8. The van der Waals surface area contributed by atoms with Crippen molar-refractivity contribution in [2.45, 2.75) is 30.6 Å². The first-order valence-electron chi connectivity index (χ1n) is 11.1. The molecule has 3 aliphatic rings. The van der Waals surface area contributed by atoms with Gasteiger partial charge in [-0.3, -0.25) is 19.3 Å². The Morgan fingerprint density at radius 3 is 2.20 bits per heavy atom. The summed E-state index contributed by atoms with van der Waals surface area (Å²) in [7, 11) is 6.44. The first-order chi connectivity index (χ1) is 16.2. The van der Waals surface area contributed by atoms with Crippen molar-refractivity contribution in [1.82, 2.24) is 4.90 Å². The number of fused-ring (bicyclic) bond motifs is 3. The third kappa shape index (κ3) is 2.98. The van der Waals surface area contributed by atoms with Gasteiger partial charge in [-0.05, 0) is 37.7 Å². The second-order valence-electron chi connectivity index (χ2n) is 9.84. The summed E-state index contributed by atoms with van der Waals surface area (Å²) in [6.45, 7) is 1.70. The van der Waals surface area contributed by atoms with Crippen LogP contribution in [-0.4, -0.2) is 93.8 Å². The van der Waals surface area contributed by atoms with Crippen molar-refractivity contribution in [3.05, 3.63) is 40.2 Å². The normalized spacial score (nSPS) is 32.4. The Bertz CT molecular complexity index is 1230. The molecule has 3 aliphatic carbocycles. The molecule has 188 valence electrons. The number of benzene rings is 1. The highest BCUT2D eigenvalue weighted by atomic mass is 16.4. The maximum absolute atomic E-state index is 13.9. The summed E-state index contributed by atoms with van der Waals surface area (Å²) in [4.78, 5) is 42.1. The van der Waals surface area contributed by atoms with Crippen molar-refractivity contribution in [2.24, 2.45) is 17.6 Å². The summed E-state index contributed by atoms with van der Waals surface area (Å²) in [6, 6.07) is 1.60. The van der Waals surface area contributed by atoms with Crippen LogP contribution >= 0.6 is 0 Å². The summed E-state index contributed by atoms with van der Waals surface area (Å²) in [5.41, 5.74) is 2.09. The lowest BCUT2D eigenvalue weighted by Crippen LogP contribution is -2.70. The van der Waals surface area contributed by atoms with Gasteiger partial charge < -0.3 is 36.2 Å². The van der Waals surface area contributed by atoms with E-state index in [-0.39, 0.29) is 11.3 Å². The summed E-state index contributed by atoms with van der Waals surface area (Å²) in [5, 5.41) is 55.9. The lowest BCUT2D eigenvalue weighted by atomic mass is 9.54. The number of primary amides is 1. The standard InChI is InChI=1S/C24H29N3O8/c1-8-11-9(26(2)3)6-7-10(28)13(11)18(29)14-12(8)19(30)16-17(27(4)5)20(31)15(23(25)34)22(33)24(16,35)21(14)32/h6-8,12,16-17,19,28-30,33,35H,1-5H3,(H2,25,34)/t8-,12+,16+,17-,19-,24-/m1/s1. The molecule has 0 radical (unpaired) electrons. The van der Waals surface area contributed by atoms with Gasteiger partial charge in [0.1, 0.15) is 22.8 Å². The van der Waals surface area contributed by atoms with E-state index in [1.54, 1.807) is 32.0 Å². The minimum atomic E-state index is -2.92. The van der Waals surface area contributed by atoms with Crippen LogP contribution in [0.1, 0.15) is 24.0 Å². The SMILES string of the molecule is C[C@@H]1c2c(N(C)C)ccc(O)c2C(O)=C2C(=O)[C@@]3(O)C(O)=C(C(N)=O)C(=O)[C@H](N(C)C)[C@H]3[C@H](O)[C@H]21. The number of carbonyl (C=O) groups is 3. The van der Waals surface area contributed by atoms with Crippen molar-refractivity contribution in [3.8, 4) is 5.75 Å². The predicted octanol–water partition coefficient (Wildman–Crippen LogP) is -0.438. The van der Waals surface area contributed by atoms with Gasteiger partial charge in [-0.15, -0.1) is 0 Å². The Labute approximate surface area is 201 Å². The fraction of sp³-hybridized carbons (Fsp3) is 0.458. The van der Waals surface area contributed by atoms with Crippen LogP contribution in [0.25, 0.3) is 5.76 Å². The van der Waals surface area contributed by atoms with Gasteiger partial charge in [0.2, 0.25) is 5.78 Å². The zero-order valence-electron chi connectivity index (χ0n) is 20.0. The topological polar surface area (TPSA) is 185 Å². The van der Waals surface area contributed by atoms with E-state index in [1.165, 1.54) is 25.1 Å². The second-order valence-corrected chi connectivity index (χ2v) is 9.84. The average molecular weight is 488 g/mol. The smallest absolute Gasteiger partial charge is 0.255 e. The Morgan fingerprint density at radius 2 is 1.69 bits per heavy atom. The van der Waals surface area contributed by atoms with Gasteiger partial charge in [0.15, 0.2) is 11.4 Å². The Hall–Kier alpha value is -3.41. The molecule has 0 aromatic heterocycles. The number of phenolic OH excluding ortho intramolecular Hbond substituents is 1. The highest BCUT2D eigenvalue weighted by Crippen LogP contribution is 2.57. The lowest BCUT2D eigenvalue weighted by molar-refractivity contribution is -0.169. The summed E-state index contributed by atoms with van der Waals surface area (Å²) in [5.74, 6) is -9.04. The van der Waals surface area contributed by atoms with Crippen LogP contribution in [0.15, 0.2) is 29.0 Å². The average Bonchev–Trinajstić information content (AvgIpc) is 2.75. The van der Waals surface area contributed by atoms with Crippen LogP contribution in [0.2, 0.25) is 0 Å². The van der Waals surface area contributed by atoms with E-state index in [2.05, 4.69) is 0 Å². The number of aliphatic hydroxyl groups is 4. The lowest BCUT2D eigenvalue weighted by Gasteiger charge is -2.54. The third-order valence-electron chi connectivity index (χ3n) is 7.57. The largest absolute Gasteiger partial charge is 0.508 e. The van der Waals surface area contributed by atoms with E-state index in [1.807, 2.05) is 0 Å². The van der Waals surface area contributed by atoms with Gasteiger partial charge in [-0.2, -0.15) is 0 Å². The maximum atomic E-state index is 13.9. The summed E-state index contributed by atoms with van der Waals surface area (Å²) >= 11 is 0. The van der Waals surface area contributed by atoms with Crippen molar-refractivity contribution in [2.75, 3.05) is 33.1 Å². The number of anilines is 1. The van der Waals surface area contributed by atoms with Gasteiger partial charge in [-0.1, -0.05) is 6.92 Å². The number of nitrogens with two attached hydrogens (primary N) is 1. The Kier molecular flexibility index (Phi) is 5.51. The zero-order chi connectivity index (χ0) is 26.3. The van der Waals surface area contributed by atoms with E-state index >= 15 is 0 Å². The molecule has 1 amide bonds. The highest BCUT2D eigenvalue weighted by Gasteiger charge is 2.68. The molecule has 7 N–H and O–H groups in total. The van der Waals surface area contributed by atoms with Gasteiger partial charge >= 0.3 is 0 Å². The zero-order valence-corrected chi connectivity index (χ0v) is 20.0. The van der Waals surface area contributed by atoms with Crippen LogP contribution in [0, 0.1) is 11.8 Å². The number of Topliss-reactive ketones (excluding diaryl/α,β-unsaturated/α-hetero) is 2. The van der Waals surface area contributed by atoms with E-state index < -0.39 is 75.6 Å². The predicted molar refractivity (Wildman–Crippen MR) is 125 cm³/mol. The molecule has 1 fully saturated rings. The number of carbonyl (C=O) groups excluding carboxylic acids is 3. The molecule has 0 aliphatic heterocycles. The molecule has 11 heteroatoms. The Morgan fingerprint density at radius 1 is 1.09 bits per heavy atom. The molecule has 11 nitrogen and oxygen atoms in total. The van der Waals surface area contributed by atoms with E-state index in [4.69, 9.17) is 5.73 Å². The fourth-order valence-corrected chi connectivity index (χ4v) is 6.06. The number of aliphatic hydroxyl groups excluding tert-OH is 3. The Balaban J connectivity index is 2.09. The molecule has 1 saturated carbocycles. The number of rotatable bonds is 3. The van der Waals surface area contributed by atoms with Gasteiger partial charge in [0.05, 0.1) is 23.6 Å². The van der Waals surface area contributed by atoms with E-state index in [0.29, 0.717) is 11.3 Å². The molecule has 1 aromatic rings. The highest BCUT2D eigenvalue weighted by molar-refractivity contribution is 6.24. The first-order valence-corrected chi connectivity index (χ1v) is 11.1. The van der Waals surface area contributed by atoms with Crippen molar-refractivity contribution in [3.63, 3.8) is 0 Å². The van der Waals surface area contributed by atoms with E-state index in [9.17, 15) is 39.9 Å². The van der Waals surface area contributed by atoms with Crippen LogP contribution in [0.5, 0.6) is 5.75 Å². The third-order valence-corrected chi connectivity index (χ3v) is 7.57. The summed E-state index contributed by atoms with van der Waals surface area (Å²) < 4.78 is 0. The number of likely N-dealkylation sites (N-methyl/N-ethyl adjacent to an activating group) is 1. The molecule has 0 bridgehead atoms. The first kappa shape index (κ1) is 24.7. The van der Waals surface area contributed by atoms with Gasteiger partial charge in [0.25, 0.3) is 5.91 Å². The van der Waals surface area contributed by atoms with Crippen molar-refractivity contribution in [1.29, 1.82) is 0 Å². The van der Waals surface area contributed by atoms with Crippen molar-refractivity contribution >= 4 is 28.9 Å². The molecule has 1 aromatic carbocycles. The minimum absolute atomic E-state index is 0.0350. The molecule has 35 heavy (non-hydrogen) atoms. The molecular weight excluding hydrogens is 458 g/mol. The van der Waals surface area contributed by atoms with Crippen LogP contribution in [0.4, 0.5) is 5.69 Å². The number of phenols is 1. The van der Waals surface area contributed by atoms with Crippen LogP contribution in [0.3, 0.4) is 0 Å². The number of hydrogen-bond acceptors (Lipinski definition) is 10. The van der Waals surface area contributed by atoms with Gasteiger partial charge in [0, 0.05) is 31.3 Å². The molecule has 0 heterocycles. The fourth-order valence-electron chi connectivity index (χ4n) is 6.06. The monoisotopic (exact) mass is 487 g/mol. The van der Waals surface area contributed by atoms with Gasteiger partial charge in [-0.25, -0.2) is 0 Å². The van der Waals surface area contributed by atoms with E-state index in [0.717, 1.165) is 0 Å². The molecule has 6 atom stereocenters. The molecule has 0 saturated heterocycles. The van der Waals surface area contributed by atoms with Crippen LogP contribution < -0.4 is 10.6 Å². The number of hydrogen-bond donors (Lipinski definition) is 6. The molecule has 4 rings (SSSR count). The van der Waals surface area contributed by atoms with Crippen molar-refractivity contribution < 1.29 is 39.9 Å². The minimum Gasteiger partial charge on any atom is -0.508 e. The molecule has 0 spiro atoms.